The lowest BCUT2D eigenvalue weighted by molar-refractivity contribution is 0.0953. The van der Waals surface area contributed by atoms with Gasteiger partial charge in [-0.2, -0.15) is 0 Å². The van der Waals surface area contributed by atoms with Crippen LogP contribution in [0.15, 0.2) is 22.7 Å². The summed E-state index contributed by atoms with van der Waals surface area (Å²) in [5.41, 5.74) is 6.79. The molecule has 1 aromatic carbocycles. The maximum Gasteiger partial charge on any atom is 0.251 e. The van der Waals surface area contributed by atoms with Gasteiger partial charge in [0.05, 0.1) is 0 Å². The summed E-state index contributed by atoms with van der Waals surface area (Å²) in [5.74, 6) is 0.457. The van der Waals surface area contributed by atoms with Crippen molar-refractivity contribution in [2.75, 3.05) is 24.3 Å². The first kappa shape index (κ1) is 14.2. The van der Waals surface area contributed by atoms with Gasteiger partial charge in [0.15, 0.2) is 0 Å². The van der Waals surface area contributed by atoms with Gasteiger partial charge in [0.1, 0.15) is 0 Å². The number of amides is 1. The van der Waals surface area contributed by atoms with Gasteiger partial charge < -0.3 is 11.1 Å². The molecule has 1 unspecified atom stereocenters. The Morgan fingerprint density at radius 2 is 2.24 bits per heavy atom. The molecule has 17 heavy (non-hydrogen) atoms. The third-order valence-electron chi connectivity index (χ3n) is 2.16. The van der Waals surface area contributed by atoms with Crippen molar-refractivity contribution in [3.8, 4) is 0 Å². The highest BCUT2D eigenvalue weighted by Crippen LogP contribution is 2.20. The molecule has 1 atom stereocenters. The van der Waals surface area contributed by atoms with Crippen molar-refractivity contribution in [2.45, 2.75) is 6.42 Å². The first-order valence-corrected chi connectivity index (χ1v) is 7.66. The number of nitrogen functional groups attached to an aromatic ring is 1. The molecule has 94 valence electrons. The Hall–Kier alpha value is -0.880. The van der Waals surface area contributed by atoms with Gasteiger partial charge in [-0.05, 0) is 40.5 Å². The molecule has 0 aliphatic heterocycles. The summed E-state index contributed by atoms with van der Waals surface area (Å²) in [6, 6.07) is 5.04. The van der Waals surface area contributed by atoms with Gasteiger partial charge >= 0.3 is 0 Å². The lowest BCUT2D eigenvalue weighted by Gasteiger charge is -2.06. The predicted molar refractivity (Wildman–Crippen MR) is 74.4 cm³/mol. The monoisotopic (exact) mass is 318 g/mol. The Morgan fingerprint density at radius 1 is 1.53 bits per heavy atom. The van der Waals surface area contributed by atoms with E-state index in [0.717, 1.165) is 0 Å². The third kappa shape index (κ3) is 4.87. The van der Waals surface area contributed by atoms with E-state index in [1.54, 1.807) is 24.5 Å². The molecule has 1 aromatic rings. The van der Waals surface area contributed by atoms with E-state index in [-0.39, 0.29) is 5.91 Å². The molecule has 3 N–H and O–H groups in total. The van der Waals surface area contributed by atoms with Crippen molar-refractivity contribution >= 4 is 38.3 Å². The number of anilines is 1. The molecule has 1 amide bonds. The van der Waals surface area contributed by atoms with E-state index >= 15 is 0 Å². The van der Waals surface area contributed by atoms with Crippen LogP contribution < -0.4 is 11.1 Å². The zero-order valence-corrected chi connectivity index (χ0v) is 11.9. The highest BCUT2D eigenvalue weighted by molar-refractivity contribution is 9.10. The number of carbonyl (C=O) groups is 1. The molecule has 4 nitrogen and oxygen atoms in total. The number of benzene rings is 1. The average molecular weight is 319 g/mol. The van der Waals surface area contributed by atoms with Gasteiger partial charge in [0.25, 0.3) is 5.91 Å². The molecule has 1 rings (SSSR count). The van der Waals surface area contributed by atoms with Crippen LogP contribution in [0.1, 0.15) is 16.8 Å². The van der Waals surface area contributed by atoms with Crippen LogP contribution in [0.5, 0.6) is 0 Å². The molecule has 0 saturated heterocycles. The number of rotatable bonds is 5. The van der Waals surface area contributed by atoms with Gasteiger partial charge in [-0.25, -0.2) is 0 Å². The summed E-state index contributed by atoms with van der Waals surface area (Å²) in [6.07, 6.45) is 2.36. The van der Waals surface area contributed by atoms with Gasteiger partial charge in [0, 0.05) is 45.1 Å². The van der Waals surface area contributed by atoms with E-state index < -0.39 is 10.8 Å². The fourth-order valence-corrected chi connectivity index (χ4v) is 2.18. The van der Waals surface area contributed by atoms with Crippen molar-refractivity contribution in [1.82, 2.24) is 5.32 Å². The minimum absolute atomic E-state index is 0.146. The van der Waals surface area contributed by atoms with E-state index in [1.165, 1.54) is 0 Å². The highest BCUT2D eigenvalue weighted by Gasteiger charge is 2.06. The molecule has 0 saturated carbocycles. The number of halogens is 1. The maximum atomic E-state index is 11.7. The molecule has 0 bridgehead atoms. The van der Waals surface area contributed by atoms with E-state index in [1.807, 2.05) is 0 Å². The second kappa shape index (κ2) is 6.76. The smallest absolute Gasteiger partial charge is 0.251 e. The Labute approximate surface area is 112 Å². The summed E-state index contributed by atoms with van der Waals surface area (Å²) in [4.78, 5) is 11.7. The third-order valence-corrected chi connectivity index (χ3v) is 3.71. The fraction of sp³-hybridized carbons (Fsp3) is 0.364. The summed E-state index contributed by atoms with van der Waals surface area (Å²) < 4.78 is 11.5. The van der Waals surface area contributed by atoms with Crippen molar-refractivity contribution in [2.24, 2.45) is 0 Å². The number of carbonyl (C=O) groups excluding carboxylic acids is 1. The molecule has 0 aromatic heterocycles. The highest BCUT2D eigenvalue weighted by atomic mass is 79.9. The first-order valence-electron chi connectivity index (χ1n) is 5.14. The predicted octanol–water partition coefficient (Wildman–Crippen LogP) is 1.53. The van der Waals surface area contributed by atoms with Crippen LogP contribution in [0.2, 0.25) is 0 Å². The van der Waals surface area contributed by atoms with Crippen LogP contribution in [0.4, 0.5) is 5.69 Å². The Kier molecular flexibility index (Phi) is 5.64. The summed E-state index contributed by atoms with van der Waals surface area (Å²) in [6.45, 7) is 0.528. The zero-order chi connectivity index (χ0) is 12.8. The Bertz CT molecular complexity index is 437. The second-order valence-corrected chi connectivity index (χ2v) is 6.03. The summed E-state index contributed by atoms with van der Waals surface area (Å²) in [5, 5.41) is 2.77. The lowest BCUT2D eigenvalue weighted by atomic mass is 10.2. The van der Waals surface area contributed by atoms with Crippen molar-refractivity contribution in [1.29, 1.82) is 0 Å². The second-order valence-electron chi connectivity index (χ2n) is 3.62. The van der Waals surface area contributed by atoms with E-state index in [0.29, 0.717) is 34.4 Å². The molecular formula is C11H15BrN2O2S. The first-order chi connectivity index (χ1) is 8.00. The van der Waals surface area contributed by atoms with Gasteiger partial charge in [-0.1, -0.05) is 0 Å². The zero-order valence-electron chi connectivity index (χ0n) is 9.53. The van der Waals surface area contributed by atoms with Crippen LogP contribution in [0, 0.1) is 0 Å². The molecule has 0 radical (unpaired) electrons. The molecule has 0 fully saturated rings. The van der Waals surface area contributed by atoms with Crippen molar-refractivity contribution in [3.63, 3.8) is 0 Å². The molecular weight excluding hydrogens is 304 g/mol. The van der Waals surface area contributed by atoms with E-state index in [9.17, 15) is 9.00 Å². The van der Waals surface area contributed by atoms with Gasteiger partial charge in [-0.3, -0.25) is 9.00 Å². The largest absolute Gasteiger partial charge is 0.398 e. The number of hydrogen-bond acceptors (Lipinski definition) is 3. The number of nitrogens with one attached hydrogen (secondary N) is 1. The van der Waals surface area contributed by atoms with Crippen LogP contribution in [-0.4, -0.2) is 28.7 Å². The van der Waals surface area contributed by atoms with Crippen LogP contribution in [0.3, 0.4) is 0 Å². The number of hydrogen-bond donors (Lipinski definition) is 2. The van der Waals surface area contributed by atoms with Crippen LogP contribution >= 0.6 is 15.9 Å². The van der Waals surface area contributed by atoms with Crippen molar-refractivity contribution < 1.29 is 9.00 Å². The van der Waals surface area contributed by atoms with Crippen LogP contribution in [-0.2, 0) is 10.8 Å². The SMILES string of the molecule is CS(=O)CCCNC(=O)c1ccc(N)c(Br)c1. The minimum Gasteiger partial charge on any atom is -0.398 e. The summed E-state index contributed by atoms with van der Waals surface area (Å²) >= 11 is 3.27. The molecule has 0 aliphatic rings. The minimum atomic E-state index is -0.807. The van der Waals surface area contributed by atoms with Gasteiger partial charge in [0.2, 0.25) is 0 Å². The topological polar surface area (TPSA) is 72.2 Å². The van der Waals surface area contributed by atoms with Crippen molar-refractivity contribution in [3.05, 3.63) is 28.2 Å². The maximum absolute atomic E-state index is 11.7. The molecule has 6 heteroatoms. The van der Waals surface area contributed by atoms with Crippen LogP contribution in [0.25, 0.3) is 0 Å². The normalized spacial score (nSPS) is 12.1. The average Bonchev–Trinajstić information content (AvgIpc) is 2.27. The number of nitrogens with two attached hydrogens (primary N) is 1. The van der Waals surface area contributed by atoms with E-state index in [2.05, 4.69) is 21.2 Å². The van der Waals surface area contributed by atoms with Gasteiger partial charge in [-0.15, -0.1) is 0 Å². The van der Waals surface area contributed by atoms with E-state index in [4.69, 9.17) is 5.73 Å². The quantitative estimate of drug-likeness (QED) is 0.639. The Morgan fingerprint density at radius 3 is 2.82 bits per heavy atom. The standard InChI is InChI=1S/C11H15BrN2O2S/c1-17(16)6-2-5-14-11(15)8-3-4-10(13)9(12)7-8/h3-4,7H,2,5-6,13H2,1H3,(H,14,15). The summed E-state index contributed by atoms with van der Waals surface area (Å²) in [7, 11) is -0.807. The molecule has 0 aliphatic carbocycles. The Balaban J connectivity index is 2.47. The molecule has 0 heterocycles. The molecule has 0 spiro atoms. The lowest BCUT2D eigenvalue weighted by Crippen LogP contribution is -2.25. The fourth-order valence-electron chi connectivity index (χ4n) is 1.25.